The lowest BCUT2D eigenvalue weighted by Crippen LogP contribution is -2.03. The van der Waals surface area contributed by atoms with E-state index in [1.165, 1.54) is 0 Å². The molecule has 0 saturated carbocycles. The molecule has 0 atom stereocenters. The smallest absolute Gasteiger partial charge is 0.142 e. The van der Waals surface area contributed by atoms with Gasteiger partial charge in [0.2, 0.25) is 0 Å². The van der Waals surface area contributed by atoms with Crippen molar-refractivity contribution >= 4 is 57.4 Å². The molecule has 26 heavy (non-hydrogen) atoms. The second-order valence-corrected chi connectivity index (χ2v) is 7.56. The molecule has 3 aromatic carbocycles. The van der Waals surface area contributed by atoms with Crippen LogP contribution in [-0.4, -0.2) is 9.55 Å². The molecule has 0 unspecified atom stereocenters. The Hall–Kier alpha value is -1.71. The number of benzene rings is 3. The van der Waals surface area contributed by atoms with Crippen molar-refractivity contribution in [2.75, 3.05) is 0 Å². The monoisotopic (exact) mass is 420 g/mol. The van der Waals surface area contributed by atoms with Crippen LogP contribution in [0.1, 0.15) is 5.56 Å². The third-order valence-corrected chi connectivity index (χ3v) is 5.30. The fourth-order valence-corrected chi connectivity index (χ4v) is 3.89. The molecule has 0 aliphatic carbocycles. The summed E-state index contributed by atoms with van der Waals surface area (Å²) in [5.74, 6) is 0.763. The van der Waals surface area contributed by atoms with Crippen LogP contribution in [-0.2, 0) is 6.54 Å². The maximum Gasteiger partial charge on any atom is 0.142 e. The van der Waals surface area contributed by atoms with Gasteiger partial charge in [0, 0.05) is 20.6 Å². The Balaban J connectivity index is 1.92. The molecule has 1 heterocycles. The van der Waals surface area contributed by atoms with E-state index in [2.05, 4.69) is 4.57 Å². The van der Waals surface area contributed by atoms with Crippen LogP contribution in [0.2, 0.25) is 20.1 Å². The summed E-state index contributed by atoms with van der Waals surface area (Å²) in [4.78, 5) is 4.78. The van der Waals surface area contributed by atoms with Gasteiger partial charge in [0.15, 0.2) is 0 Å². The molecular weight excluding hydrogens is 410 g/mol. The van der Waals surface area contributed by atoms with Gasteiger partial charge in [-0.05, 0) is 48.0 Å². The van der Waals surface area contributed by atoms with Crippen LogP contribution < -0.4 is 0 Å². The zero-order valence-electron chi connectivity index (χ0n) is 13.4. The summed E-state index contributed by atoms with van der Waals surface area (Å²) >= 11 is 24.9. The molecule has 0 aliphatic heterocycles. The molecule has 0 N–H and O–H groups in total. The van der Waals surface area contributed by atoms with Crippen LogP contribution in [0.3, 0.4) is 0 Å². The van der Waals surface area contributed by atoms with Gasteiger partial charge < -0.3 is 4.57 Å². The quantitative estimate of drug-likeness (QED) is 0.337. The van der Waals surface area contributed by atoms with Crippen molar-refractivity contribution in [1.29, 1.82) is 0 Å². The topological polar surface area (TPSA) is 17.8 Å². The highest BCUT2D eigenvalue weighted by molar-refractivity contribution is 6.36. The van der Waals surface area contributed by atoms with Crippen LogP contribution in [0, 0.1) is 0 Å². The molecule has 2 nitrogen and oxygen atoms in total. The van der Waals surface area contributed by atoms with E-state index < -0.39 is 0 Å². The first kappa shape index (κ1) is 17.7. The number of hydrogen-bond donors (Lipinski definition) is 0. The summed E-state index contributed by atoms with van der Waals surface area (Å²) in [5.41, 5.74) is 3.65. The minimum absolute atomic E-state index is 0.546. The first-order chi connectivity index (χ1) is 12.5. The fraction of sp³-hybridized carbons (Fsp3) is 0.0500. The third-order valence-electron chi connectivity index (χ3n) is 4.17. The molecule has 130 valence electrons. The number of nitrogens with zero attached hydrogens (tertiary/aromatic N) is 2. The number of fused-ring (bicyclic) bond motifs is 1. The first-order valence-electron chi connectivity index (χ1n) is 7.87. The van der Waals surface area contributed by atoms with Gasteiger partial charge in [0.05, 0.1) is 22.6 Å². The van der Waals surface area contributed by atoms with Gasteiger partial charge >= 0.3 is 0 Å². The fourth-order valence-electron chi connectivity index (χ4n) is 2.93. The molecule has 6 heteroatoms. The minimum Gasteiger partial charge on any atom is -0.319 e. The Labute approximate surface area is 170 Å². The maximum atomic E-state index is 6.44. The SMILES string of the molecule is Clc1ccc(Cn2c(-c3ccc(Cl)cc3Cl)nc3ccccc32)c(Cl)c1. The number of rotatable bonds is 3. The van der Waals surface area contributed by atoms with E-state index in [0.29, 0.717) is 26.6 Å². The normalized spacial score (nSPS) is 11.2. The number of halogens is 4. The van der Waals surface area contributed by atoms with Crippen LogP contribution in [0.4, 0.5) is 0 Å². The van der Waals surface area contributed by atoms with Gasteiger partial charge in [-0.3, -0.25) is 0 Å². The average Bonchev–Trinajstić information content (AvgIpc) is 2.96. The van der Waals surface area contributed by atoms with Crippen molar-refractivity contribution in [3.05, 3.63) is 86.3 Å². The van der Waals surface area contributed by atoms with E-state index in [-0.39, 0.29) is 0 Å². The Bertz CT molecular complexity index is 1120. The number of imidazole rings is 1. The highest BCUT2D eigenvalue weighted by Crippen LogP contribution is 2.33. The van der Waals surface area contributed by atoms with Crippen molar-refractivity contribution in [2.45, 2.75) is 6.54 Å². The summed E-state index contributed by atoms with van der Waals surface area (Å²) in [6.07, 6.45) is 0. The van der Waals surface area contributed by atoms with Crippen LogP contribution >= 0.6 is 46.4 Å². The Morgan fingerprint density at radius 2 is 1.46 bits per heavy atom. The lowest BCUT2D eigenvalue weighted by atomic mass is 10.2. The van der Waals surface area contributed by atoms with Gasteiger partial charge in [0.25, 0.3) is 0 Å². The molecule has 4 aromatic rings. The van der Waals surface area contributed by atoms with E-state index in [4.69, 9.17) is 51.4 Å². The lowest BCUT2D eigenvalue weighted by molar-refractivity contribution is 0.834. The van der Waals surface area contributed by atoms with E-state index >= 15 is 0 Å². The number of para-hydroxylation sites is 2. The first-order valence-corrected chi connectivity index (χ1v) is 9.39. The number of aromatic nitrogens is 2. The average molecular weight is 422 g/mol. The predicted molar refractivity (Wildman–Crippen MR) is 111 cm³/mol. The largest absolute Gasteiger partial charge is 0.319 e. The molecule has 0 saturated heterocycles. The van der Waals surface area contributed by atoms with Crippen molar-refractivity contribution in [3.8, 4) is 11.4 Å². The Morgan fingerprint density at radius 1 is 0.769 bits per heavy atom. The van der Waals surface area contributed by atoms with E-state index in [1.54, 1.807) is 12.1 Å². The molecule has 1 aromatic heterocycles. The van der Waals surface area contributed by atoms with Crippen LogP contribution in [0.15, 0.2) is 60.7 Å². The van der Waals surface area contributed by atoms with Gasteiger partial charge in [-0.15, -0.1) is 0 Å². The Morgan fingerprint density at radius 3 is 2.19 bits per heavy atom. The van der Waals surface area contributed by atoms with Crippen LogP contribution in [0.5, 0.6) is 0 Å². The maximum absolute atomic E-state index is 6.44. The summed E-state index contributed by atoms with van der Waals surface area (Å²) in [7, 11) is 0. The van der Waals surface area contributed by atoms with Crippen molar-refractivity contribution in [1.82, 2.24) is 9.55 Å². The van der Waals surface area contributed by atoms with Crippen molar-refractivity contribution in [3.63, 3.8) is 0 Å². The third kappa shape index (κ3) is 3.30. The van der Waals surface area contributed by atoms with Gasteiger partial charge in [-0.25, -0.2) is 4.98 Å². The summed E-state index contributed by atoms with van der Waals surface area (Å²) < 4.78 is 2.10. The second-order valence-electron chi connectivity index (χ2n) is 5.87. The molecule has 0 radical (unpaired) electrons. The molecule has 0 amide bonds. The van der Waals surface area contributed by atoms with Gasteiger partial charge in [-0.1, -0.05) is 64.6 Å². The van der Waals surface area contributed by atoms with Crippen LogP contribution in [0.25, 0.3) is 22.4 Å². The molecule has 0 fully saturated rings. The summed E-state index contributed by atoms with van der Waals surface area (Å²) in [6, 6.07) is 18.8. The zero-order chi connectivity index (χ0) is 18.3. The molecule has 4 rings (SSSR count). The van der Waals surface area contributed by atoms with Crippen molar-refractivity contribution < 1.29 is 0 Å². The Kier molecular flexibility index (Phi) is 4.85. The minimum atomic E-state index is 0.546. The molecule has 0 spiro atoms. The summed E-state index contributed by atoms with van der Waals surface area (Å²) in [6.45, 7) is 0.546. The molecule has 0 bridgehead atoms. The van der Waals surface area contributed by atoms with E-state index in [0.717, 1.165) is 28.0 Å². The van der Waals surface area contributed by atoms with E-state index in [1.807, 2.05) is 48.5 Å². The molecule has 0 aliphatic rings. The lowest BCUT2D eigenvalue weighted by Gasteiger charge is -2.12. The van der Waals surface area contributed by atoms with Gasteiger partial charge in [-0.2, -0.15) is 0 Å². The highest BCUT2D eigenvalue weighted by atomic mass is 35.5. The zero-order valence-corrected chi connectivity index (χ0v) is 16.4. The van der Waals surface area contributed by atoms with Crippen molar-refractivity contribution in [2.24, 2.45) is 0 Å². The predicted octanol–water partition coefficient (Wildman–Crippen LogP) is 7.37. The summed E-state index contributed by atoms with van der Waals surface area (Å²) in [5, 5.41) is 2.36. The highest BCUT2D eigenvalue weighted by Gasteiger charge is 2.16. The van der Waals surface area contributed by atoms with Gasteiger partial charge in [0.1, 0.15) is 5.82 Å². The second kappa shape index (κ2) is 7.13. The van der Waals surface area contributed by atoms with E-state index in [9.17, 15) is 0 Å². The molecular formula is C20H12Cl4N2. The standard InChI is InChI=1S/C20H12Cl4N2/c21-13-6-5-12(16(23)9-13)11-26-19-4-2-1-3-18(19)25-20(26)15-8-7-14(22)10-17(15)24/h1-10H,11H2. The number of hydrogen-bond acceptors (Lipinski definition) is 1.